The minimum absolute atomic E-state index is 0.189. The Morgan fingerprint density at radius 2 is 1.91 bits per heavy atom. The molecule has 0 bridgehead atoms. The van der Waals surface area contributed by atoms with Gasteiger partial charge in [0.1, 0.15) is 0 Å². The van der Waals surface area contributed by atoms with Crippen LogP contribution in [-0.2, 0) is 23.5 Å². The summed E-state index contributed by atoms with van der Waals surface area (Å²) in [6.07, 6.45) is 0.940. The Bertz CT molecular complexity index is 720. The predicted octanol–water partition coefficient (Wildman–Crippen LogP) is 4.81. The van der Waals surface area contributed by atoms with Gasteiger partial charge in [0.2, 0.25) is 5.91 Å². The molecule has 0 atom stereocenters. The minimum Gasteiger partial charge on any atom is -0.337 e. The zero-order valence-electron chi connectivity index (χ0n) is 12.6. The Balaban J connectivity index is 1.52. The van der Waals surface area contributed by atoms with Crippen molar-refractivity contribution >= 4 is 40.9 Å². The summed E-state index contributed by atoms with van der Waals surface area (Å²) in [5.41, 5.74) is 3.63. The highest BCUT2D eigenvalue weighted by Crippen LogP contribution is 2.25. The van der Waals surface area contributed by atoms with Gasteiger partial charge in [0.05, 0.1) is 5.75 Å². The van der Waals surface area contributed by atoms with Crippen molar-refractivity contribution in [2.75, 3.05) is 12.3 Å². The van der Waals surface area contributed by atoms with Crippen LogP contribution in [0.15, 0.2) is 42.5 Å². The van der Waals surface area contributed by atoms with Gasteiger partial charge in [-0.3, -0.25) is 4.79 Å². The molecule has 0 aromatic heterocycles. The first kappa shape index (κ1) is 16.7. The quantitative estimate of drug-likeness (QED) is 0.774. The topological polar surface area (TPSA) is 20.3 Å². The SMILES string of the molecule is O=C(CSCc1ccc(Cl)cc1Cl)N1CCc2ccccc2C1. The van der Waals surface area contributed by atoms with Crippen molar-refractivity contribution in [2.45, 2.75) is 18.7 Å². The highest BCUT2D eigenvalue weighted by atomic mass is 35.5. The molecular formula is C18H17Cl2NOS. The fraction of sp³-hybridized carbons (Fsp3) is 0.278. The second-order valence-electron chi connectivity index (χ2n) is 5.56. The van der Waals surface area contributed by atoms with E-state index in [0.717, 1.165) is 25.1 Å². The van der Waals surface area contributed by atoms with Gasteiger partial charge in [-0.1, -0.05) is 53.5 Å². The number of amides is 1. The van der Waals surface area contributed by atoms with E-state index in [4.69, 9.17) is 23.2 Å². The van der Waals surface area contributed by atoms with Gasteiger partial charge in [-0.2, -0.15) is 0 Å². The van der Waals surface area contributed by atoms with Crippen LogP contribution in [-0.4, -0.2) is 23.1 Å². The number of rotatable bonds is 4. The van der Waals surface area contributed by atoms with Gasteiger partial charge in [0.25, 0.3) is 0 Å². The van der Waals surface area contributed by atoms with E-state index in [2.05, 4.69) is 18.2 Å². The summed E-state index contributed by atoms with van der Waals surface area (Å²) in [5, 5.41) is 1.29. The van der Waals surface area contributed by atoms with Crippen molar-refractivity contribution in [2.24, 2.45) is 0 Å². The molecule has 1 amide bonds. The minimum atomic E-state index is 0.189. The standard InChI is InChI=1S/C18H17Cl2NOS/c19-16-6-5-15(17(20)9-16)11-23-12-18(22)21-8-7-13-3-1-2-4-14(13)10-21/h1-6,9H,7-8,10-12H2. The van der Waals surface area contributed by atoms with Gasteiger partial charge < -0.3 is 4.90 Å². The smallest absolute Gasteiger partial charge is 0.232 e. The van der Waals surface area contributed by atoms with Crippen LogP contribution in [0, 0.1) is 0 Å². The summed E-state index contributed by atoms with van der Waals surface area (Å²) in [7, 11) is 0. The third-order valence-corrected chi connectivity index (χ3v) is 5.53. The van der Waals surface area contributed by atoms with E-state index >= 15 is 0 Å². The third-order valence-electron chi connectivity index (χ3n) is 3.98. The van der Waals surface area contributed by atoms with Crippen LogP contribution in [0.4, 0.5) is 0 Å². The first-order chi connectivity index (χ1) is 11.1. The van der Waals surface area contributed by atoms with E-state index in [1.54, 1.807) is 17.8 Å². The van der Waals surface area contributed by atoms with Gasteiger partial charge >= 0.3 is 0 Å². The molecule has 2 aromatic carbocycles. The van der Waals surface area contributed by atoms with Crippen LogP contribution in [0.5, 0.6) is 0 Å². The third kappa shape index (κ3) is 4.23. The van der Waals surface area contributed by atoms with E-state index in [1.807, 2.05) is 23.1 Å². The van der Waals surface area contributed by atoms with Gasteiger partial charge in [-0.15, -0.1) is 11.8 Å². The lowest BCUT2D eigenvalue weighted by Crippen LogP contribution is -2.37. The summed E-state index contributed by atoms with van der Waals surface area (Å²) < 4.78 is 0. The summed E-state index contributed by atoms with van der Waals surface area (Å²) in [6, 6.07) is 13.8. The molecule has 120 valence electrons. The fourth-order valence-corrected chi connectivity index (χ4v) is 4.17. The monoisotopic (exact) mass is 365 g/mol. The maximum atomic E-state index is 12.4. The Kier molecular flexibility index (Phi) is 5.52. The Hall–Kier alpha value is -1.16. The molecule has 1 aliphatic rings. The number of nitrogens with zero attached hydrogens (tertiary/aromatic N) is 1. The molecule has 0 saturated heterocycles. The van der Waals surface area contributed by atoms with Crippen LogP contribution in [0.2, 0.25) is 10.0 Å². The molecule has 1 aliphatic heterocycles. The maximum absolute atomic E-state index is 12.4. The normalized spacial score (nSPS) is 13.7. The molecule has 1 heterocycles. The predicted molar refractivity (Wildman–Crippen MR) is 98.2 cm³/mol. The molecule has 23 heavy (non-hydrogen) atoms. The van der Waals surface area contributed by atoms with Crippen LogP contribution in [0.25, 0.3) is 0 Å². The lowest BCUT2D eigenvalue weighted by molar-refractivity contribution is -0.129. The molecule has 0 saturated carbocycles. The van der Waals surface area contributed by atoms with Crippen molar-refractivity contribution in [3.05, 3.63) is 69.2 Å². The highest BCUT2D eigenvalue weighted by Gasteiger charge is 2.20. The molecule has 3 rings (SSSR count). The number of carbonyl (C=O) groups excluding carboxylic acids is 1. The van der Waals surface area contributed by atoms with E-state index in [-0.39, 0.29) is 5.91 Å². The van der Waals surface area contributed by atoms with Crippen molar-refractivity contribution in [3.8, 4) is 0 Å². The molecular weight excluding hydrogens is 349 g/mol. The van der Waals surface area contributed by atoms with Gasteiger partial charge in [0.15, 0.2) is 0 Å². The molecule has 0 fully saturated rings. The molecule has 0 radical (unpaired) electrons. The van der Waals surface area contributed by atoms with Crippen molar-refractivity contribution in [1.29, 1.82) is 0 Å². The van der Waals surface area contributed by atoms with E-state index in [9.17, 15) is 4.79 Å². The Morgan fingerprint density at radius 3 is 2.70 bits per heavy atom. The van der Waals surface area contributed by atoms with Crippen molar-refractivity contribution in [3.63, 3.8) is 0 Å². The second-order valence-corrected chi connectivity index (χ2v) is 7.39. The lowest BCUT2D eigenvalue weighted by atomic mass is 10.00. The first-order valence-corrected chi connectivity index (χ1v) is 9.41. The molecule has 0 aliphatic carbocycles. The molecule has 0 unspecified atom stereocenters. The molecule has 0 spiro atoms. The Labute approximate surface area is 150 Å². The average Bonchev–Trinajstić information content (AvgIpc) is 2.56. The number of fused-ring (bicyclic) bond motifs is 1. The summed E-state index contributed by atoms with van der Waals surface area (Å²) in [5.74, 6) is 1.38. The maximum Gasteiger partial charge on any atom is 0.232 e. The fourth-order valence-electron chi connectivity index (χ4n) is 2.69. The number of carbonyl (C=O) groups is 1. The van der Waals surface area contributed by atoms with Crippen molar-refractivity contribution < 1.29 is 4.79 Å². The number of halogens is 2. The Morgan fingerprint density at radius 1 is 1.13 bits per heavy atom. The van der Waals surface area contributed by atoms with Crippen LogP contribution in [0.3, 0.4) is 0 Å². The molecule has 5 heteroatoms. The van der Waals surface area contributed by atoms with Gasteiger partial charge in [-0.25, -0.2) is 0 Å². The summed E-state index contributed by atoms with van der Waals surface area (Å²) in [6.45, 7) is 1.52. The number of benzene rings is 2. The second kappa shape index (κ2) is 7.61. The average molecular weight is 366 g/mol. The largest absolute Gasteiger partial charge is 0.337 e. The van der Waals surface area contributed by atoms with E-state index in [0.29, 0.717) is 21.6 Å². The zero-order valence-corrected chi connectivity index (χ0v) is 14.9. The van der Waals surface area contributed by atoms with E-state index < -0.39 is 0 Å². The number of hydrogen-bond donors (Lipinski definition) is 0. The van der Waals surface area contributed by atoms with Gasteiger partial charge in [0, 0.05) is 28.9 Å². The van der Waals surface area contributed by atoms with Crippen LogP contribution in [0.1, 0.15) is 16.7 Å². The molecule has 0 N–H and O–H groups in total. The number of thioether (sulfide) groups is 1. The highest BCUT2D eigenvalue weighted by molar-refractivity contribution is 7.99. The zero-order chi connectivity index (χ0) is 16.2. The molecule has 2 nitrogen and oxygen atoms in total. The summed E-state index contributed by atoms with van der Waals surface area (Å²) >= 11 is 13.6. The number of hydrogen-bond acceptors (Lipinski definition) is 2. The molecule has 2 aromatic rings. The first-order valence-electron chi connectivity index (χ1n) is 7.50. The van der Waals surface area contributed by atoms with Crippen LogP contribution >= 0.6 is 35.0 Å². The van der Waals surface area contributed by atoms with Gasteiger partial charge in [-0.05, 0) is 35.2 Å². The van der Waals surface area contributed by atoms with Crippen molar-refractivity contribution in [1.82, 2.24) is 4.90 Å². The van der Waals surface area contributed by atoms with E-state index in [1.165, 1.54) is 11.1 Å². The lowest BCUT2D eigenvalue weighted by Gasteiger charge is -2.28. The van der Waals surface area contributed by atoms with Crippen LogP contribution < -0.4 is 0 Å². The summed E-state index contributed by atoms with van der Waals surface area (Å²) in [4.78, 5) is 14.3.